The van der Waals surface area contributed by atoms with Crippen molar-refractivity contribution in [3.05, 3.63) is 29.8 Å². The number of nitrogens with zero attached hydrogens (tertiary/aromatic N) is 3. The van der Waals surface area contributed by atoms with Gasteiger partial charge in [-0.3, -0.25) is 10.2 Å². The lowest BCUT2D eigenvalue weighted by Gasteiger charge is -2.07. The van der Waals surface area contributed by atoms with Crippen LogP contribution in [0.15, 0.2) is 29.4 Å². The third-order valence-electron chi connectivity index (χ3n) is 2.05. The van der Waals surface area contributed by atoms with Gasteiger partial charge < -0.3 is 4.74 Å². The lowest BCUT2D eigenvalue weighted by Crippen LogP contribution is -2.13. The predicted octanol–water partition coefficient (Wildman–Crippen LogP) is 1.25. The Bertz CT molecular complexity index is 622. The molecule has 1 N–H and O–H groups in total. The van der Waals surface area contributed by atoms with Crippen LogP contribution in [0, 0.1) is 22.7 Å². The number of hydrazone groups is 1. The number of benzene rings is 1. The molecule has 0 aliphatic rings. The van der Waals surface area contributed by atoms with E-state index >= 15 is 0 Å². The Morgan fingerprint density at radius 2 is 1.95 bits per heavy atom. The zero-order valence-electron chi connectivity index (χ0n) is 10.6. The van der Waals surface area contributed by atoms with Crippen LogP contribution in [0.3, 0.4) is 0 Å². The Morgan fingerprint density at radius 3 is 2.55 bits per heavy atom. The number of Topliss-reactive ketones (excluding diaryl/α,β-unsaturated/α-hetero) is 1. The van der Waals surface area contributed by atoms with E-state index < -0.39 is 5.97 Å². The van der Waals surface area contributed by atoms with Gasteiger partial charge in [0.25, 0.3) is 0 Å². The van der Waals surface area contributed by atoms with E-state index in [-0.39, 0.29) is 29.4 Å². The smallest absolute Gasteiger partial charge is 0.340 e. The Balaban J connectivity index is 2.92. The number of rotatable bonds is 5. The van der Waals surface area contributed by atoms with Crippen LogP contribution < -0.4 is 5.43 Å². The van der Waals surface area contributed by atoms with E-state index in [2.05, 4.69) is 10.5 Å². The Hall–Kier alpha value is -3.19. The van der Waals surface area contributed by atoms with E-state index in [0.29, 0.717) is 0 Å². The molecule has 0 aliphatic carbocycles. The summed E-state index contributed by atoms with van der Waals surface area (Å²) in [5.41, 5.74) is 2.48. The third-order valence-corrected chi connectivity index (χ3v) is 2.05. The van der Waals surface area contributed by atoms with Crippen molar-refractivity contribution < 1.29 is 14.3 Å². The van der Waals surface area contributed by atoms with Gasteiger partial charge >= 0.3 is 5.97 Å². The van der Waals surface area contributed by atoms with Gasteiger partial charge in [-0.15, -0.1) is 0 Å². The highest BCUT2D eigenvalue weighted by Crippen LogP contribution is 2.16. The summed E-state index contributed by atoms with van der Waals surface area (Å²) in [7, 11) is 0. The first-order valence-electron chi connectivity index (χ1n) is 5.48. The summed E-state index contributed by atoms with van der Waals surface area (Å²) in [6, 6.07) is 9.39. The summed E-state index contributed by atoms with van der Waals surface area (Å²) in [5, 5.41) is 20.6. The van der Waals surface area contributed by atoms with Crippen LogP contribution in [0.2, 0.25) is 0 Å². The van der Waals surface area contributed by atoms with E-state index in [9.17, 15) is 9.59 Å². The molecule has 0 radical (unpaired) electrons. The van der Waals surface area contributed by atoms with Crippen LogP contribution in [0.1, 0.15) is 17.3 Å². The fraction of sp³-hybridized carbons (Fsp3) is 0.154. The molecule has 7 nitrogen and oxygen atoms in total. The number of ketones is 1. The molecule has 1 aromatic carbocycles. The van der Waals surface area contributed by atoms with Gasteiger partial charge in [0, 0.05) is 0 Å². The van der Waals surface area contributed by atoms with Crippen LogP contribution >= 0.6 is 0 Å². The van der Waals surface area contributed by atoms with Gasteiger partial charge in [-0.05, 0) is 19.1 Å². The van der Waals surface area contributed by atoms with Gasteiger partial charge in [-0.1, -0.05) is 12.1 Å². The number of ether oxygens (including phenoxy) is 1. The van der Waals surface area contributed by atoms with Crippen molar-refractivity contribution in [2.45, 2.75) is 6.92 Å². The fourth-order valence-corrected chi connectivity index (χ4v) is 1.19. The number of nitriles is 2. The minimum absolute atomic E-state index is 0.146. The van der Waals surface area contributed by atoms with Crippen LogP contribution in [0.5, 0.6) is 0 Å². The first kappa shape index (κ1) is 14.9. The van der Waals surface area contributed by atoms with Crippen molar-refractivity contribution in [3.8, 4) is 12.1 Å². The monoisotopic (exact) mass is 270 g/mol. The molecule has 0 atom stereocenters. The molecule has 0 heterocycles. The highest BCUT2D eigenvalue weighted by molar-refractivity contribution is 6.10. The number of hydrogen-bond donors (Lipinski definition) is 1. The maximum atomic E-state index is 11.8. The van der Waals surface area contributed by atoms with Crippen LogP contribution in [0.4, 0.5) is 5.69 Å². The quantitative estimate of drug-likeness (QED) is 0.489. The molecule has 100 valence electrons. The van der Waals surface area contributed by atoms with Gasteiger partial charge in [-0.2, -0.15) is 15.6 Å². The zero-order valence-corrected chi connectivity index (χ0v) is 10.6. The molecule has 7 heteroatoms. The van der Waals surface area contributed by atoms with Gasteiger partial charge in [-0.25, -0.2) is 4.79 Å². The summed E-state index contributed by atoms with van der Waals surface area (Å²) in [5.74, 6) is -0.980. The molecule has 0 bridgehead atoms. The second-order valence-electron chi connectivity index (χ2n) is 3.62. The van der Waals surface area contributed by atoms with E-state index in [1.807, 2.05) is 0 Å². The highest BCUT2D eigenvalue weighted by atomic mass is 16.5. The first-order chi connectivity index (χ1) is 9.58. The van der Waals surface area contributed by atoms with Gasteiger partial charge in [0.05, 0.1) is 11.3 Å². The zero-order chi connectivity index (χ0) is 15.0. The largest absolute Gasteiger partial charge is 0.454 e. The minimum Gasteiger partial charge on any atom is -0.454 e. The molecule has 0 saturated carbocycles. The van der Waals surface area contributed by atoms with Crippen molar-refractivity contribution in [1.82, 2.24) is 0 Å². The van der Waals surface area contributed by atoms with E-state index in [4.69, 9.17) is 15.3 Å². The number of anilines is 1. The van der Waals surface area contributed by atoms with Gasteiger partial charge in [0.2, 0.25) is 5.71 Å². The normalized spacial score (nSPS) is 8.75. The molecule has 0 saturated heterocycles. The molecule has 0 aromatic heterocycles. The molecule has 0 aliphatic heterocycles. The lowest BCUT2D eigenvalue weighted by atomic mass is 10.2. The second-order valence-corrected chi connectivity index (χ2v) is 3.62. The van der Waals surface area contributed by atoms with Crippen LogP contribution in [-0.4, -0.2) is 24.1 Å². The second kappa shape index (κ2) is 7.29. The van der Waals surface area contributed by atoms with Crippen LogP contribution in [0.25, 0.3) is 0 Å². The van der Waals surface area contributed by atoms with E-state index in [0.717, 1.165) is 0 Å². The Morgan fingerprint density at radius 1 is 1.30 bits per heavy atom. The first-order valence-corrected chi connectivity index (χ1v) is 5.48. The van der Waals surface area contributed by atoms with Crippen molar-refractivity contribution in [2.75, 3.05) is 12.0 Å². The van der Waals surface area contributed by atoms with Gasteiger partial charge in [0.1, 0.15) is 18.7 Å². The van der Waals surface area contributed by atoms with E-state index in [1.54, 1.807) is 24.3 Å². The number of carbonyl (C=O) groups is 2. The van der Waals surface area contributed by atoms with Crippen LogP contribution in [-0.2, 0) is 9.53 Å². The predicted molar refractivity (Wildman–Crippen MR) is 69.7 cm³/mol. The topological polar surface area (TPSA) is 115 Å². The molecular formula is C13H10N4O3. The summed E-state index contributed by atoms with van der Waals surface area (Å²) >= 11 is 0. The van der Waals surface area contributed by atoms with Crippen molar-refractivity contribution in [1.29, 1.82) is 10.5 Å². The number of para-hydroxylation sites is 1. The molecule has 0 spiro atoms. The molecule has 1 rings (SSSR count). The molecule has 20 heavy (non-hydrogen) atoms. The molecule has 1 aromatic rings. The molecule has 0 fully saturated rings. The lowest BCUT2D eigenvalue weighted by molar-refractivity contribution is -0.120. The van der Waals surface area contributed by atoms with Crippen molar-refractivity contribution in [3.63, 3.8) is 0 Å². The summed E-state index contributed by atoms with van der Waals surface area (Å²) < 4.78 is 4.78. The average molecular weight is 270 g/mol. The van der Waals surface area contributed by atoms with E-state index in [1.165, 1.54) is 19.1 Å². The van der Waals surface area contributed by atoms with Crippen molar-refractivity contribution in [2.24, 2.45) is 5.10 Å². The number of nitrogens with one attached hydrogen (secondary N) is 1. The SMILES string of the molecule is CC(=O)COC(=O)c1ccccc1NN=C(C#N)C#N. The van der Waals surface area contributed by atoms with Crippen molar-refractivity contribution >= 4 is 23.2 Å². The molecule has 0 amide bonds. The maximum absolute atomic E-state index is 11.8. The molecule has 0 unspecified atom stereocenters. The summed E-state index contributed by atoms with van der Waals surface area (Å²) in [6.07, 6.45) is 0. The third kappa shape index (κ3) is 4.24. The Kier molecular flexibility index (Phi) is 5.42. The number of esters is 1. The standard InChI is InChI=1S/C13H10N4O3/c1-9(18)8-20-13(19)11-4-2-3-5-12(11)17-16-10(6-14)7-15/h2-5,17H,8H2,1H3. The summed E-state index contributed by atoms with van der Waals surface area (Å²) in [6.45, 7) is 0.978. The maximum Gasteiger partial charge on any atom is 0.340 e. The number of hydrogen-bond acceptors (Lipinski definition) is 7. The Labute approximate surface area is 115 Å². The summed E-state index contributed by atoms with van der Waals surface area (Å²) in [4.78, 5) is 22.5. The minimum atomic E-state index is -0.700. The highest BCUT2D eigenvalue weighted by Gasteiger charge is 2.13. The number of carbonyl (C=O) groups excluding carboxylic acids is 2. The average Bonchev–Trinajstić information content (AvgIpc) is 2.46. The van der Waals surface area contributed by atoms with Gasteiger partial charge in [0.15, 0.2) is 5.78 Å². The molecular weight excluding hydrogens is 260 g/mol. The fourth-order valence-electron chi connectivity index (χ4n) is 1.19.